The first-order valence-corrected chi connectivity index (χ1v) is 4.05. The van der Waals surface area contributed by atoms with Gasteiger partial charge in [-0.1, -0.05) is 23.2 Å². The number of alkyl halides is 2. The van der Waals surface area contributed by atoms with E-state index < -0.39 is 4.46 Å². The first-order valence-electron chi connectivity index (χ1n) is 3.29. The molecular formula is C6H9Cl2NO. The summed E-state index contributed by atoms with van der Waals surface area (Å²) in [5.74, 6) is -0.0532. The number of hydrogen-bond donors (Lipinski definition) is 1. The summed E-state index contributed by atoms with van der Waals surface area (Å²) in [4.78, 5) is 10.8. The summed E-state index contributed by atoms with van der Waals surface area (Å²) in [6, 6.07) is 0. The van der Waals surface area contributed by atoms with Crippen molar-refractivity contribution in [2.24, 2.45) is 0 Å². The molecule has 0 spiro atoms. The topological polar surface area (TPSA) is 29.1 Å². The second kappa shape index (κ2) is 2.97. The van der Waals surface area contributed by atoms with Crippen LogP contribution in [-0.4, -0.2) is 10.4 Å². The molecule has 1 heterocycles. The molecule has 58 valence electrons. The average molecular weight is 182 g/mol. The lowest BCUT2D eigenvalue weighted by Crippen LogP contribution is -2.36. The molecule has 0 radical (unpaired) electrons. The standard InChI is InChI=1S/C6H9Cl2NO/c7-6(8)4-2-1-3-5(10)9-6/h1-4H2,(H,9,10). The predicted octanol–water partition coefficient (Wildman–Crippen LogP) is 1.81. The second-order valence-electron chi connectivity index (χ2n) is 2.46. The minimum atomic E-state index is -1.02. The summed E-state index contributed by atoms with van der Waals surface area (Å²) in [6.45, 7) is 0. The lowest BCUT2D eigenvalue weighted by atomic mass is 10.2. The van der Waals surface area contributed by atoms with Crippen molar-refractivity contribution < 1.29 is 4.79 Å². The summed E-state index contributed by atoms with van der Waals surface area (Å²) < 4.78 is -1.02. The van der Waals surface area contributed by atoms with Crippen LogP contribution in [0.1, 0.15) is 25.7 Å². The average Bonchev–Trinajstić information content (AvgIpc) is 1.90. The van der Waals surface area contributed by atoms with E-state index in [0.717, 1.165) is 12.8 Å². The Morgan fingerprint density at radius 2 is 2.10 bits per heavy atom. The summed E-state index contributed by atoms with van der Waals surface area (Å²) in [7, 11) is 0. The molecule has 0 atom stereocenters. The van der Waals surface area contributed by atoms with Crippen molar-refractivity contribution in [3.05, 3.63) is 0 Å². The Labute approximate surface area is 69.9 Å². The van der Waals surface area contributed by atoms with Gasteiger partial charge >= 0.3 is 0 Å². The molecule has 1 aliphatic rings. The fourth-order valence-electron chi connectivity index (χ4n) is 0.962. The Balaban J connectivity index is 2.54. The summed E-state index contributed by atoms with van der Waals surface area (Å²) in [5.41, 5.74) is 0. The van der Waals surface area contributed by atoms with E-state index in [-0.39, 0.29) is 5.91 Å². The summed E-state index contributed by atoms with van der Waals surface area (Å²) in [6.07, 6.45) is 2.97. The van der Waals surface area contributed by atoms with Gasteiger partial charge in [0.25, 0.3) is 0 Å². The van der Waals surface area contributed by atoms with Gasteiger partial charge < -0.3 is 5.32 Å². The maximum atomic E-state index is 10.8. The molecule has 2 nitrogen and oxygen atoms in total. The molecule has 1 aliphatic heterocycles. The van der Waals surface area contributed by atoms with Crippen LogP contribution >= 0.6 is 23.2 Å². The van der Waals surface area contributed by atoms with E-state index >= 15 is 0 Å². The first-order chi connectivity index (χ1) is 4.60. The largest absolute Gasteiger partial charge is 0.325 e. The highest BCUT2D eigenvalue weighted by Crippen LogP contribution is 2.27. The van der Waals surface area contributed by atoms with Gasteiger partial charge in [-0.3, -0.25) is 4.79 Å². The van der Waals surface area contributed by atoms with Crippen LogP contribution in [0.15, 0.2) is 0 Å². The third kappa shape index (κ3) is 2.35. The van der Waals surface area contributed by atoms with Crippen LogP contribution in [0.2, 0.25) is 0 Å². The summed E-state index contributed by atoms with van der Waals surface area (Å²) in [5, 5.41) is 2.51. The van der Waals surface area contributed by atoms with Gasteiger partial charge in [-0.15, -0.1) is 0 Å². The third-order valence-electron chi connectivity index (χ3n) is 1.47. The van der Waals surface area contributed by atoms with Crippen molar-refractivity contribution in [1.82, 2.24) is 5.32 Å². The van der Waals surface area contributed by atoms with Crippen molar-refractivity contribution in [2.45, 2.75) is 30.1 Å². The number of rotatable bonds is 0. The van der Waals surface area contributed by atoms with E-state index in [0.29, 0.717) is 12.8 Å². The molecule has 0 unspecified atom stereocenters. The van der Waals surface area contributed by atoms with E-state index in [9.17, 15) is 4.79 Å². The maximum Gasteiger partial charge on any atom is 0.222 e. The van der Waals surface area contributed by atoms with Crippen molar-refractivity contribution in [2.75, 3.05) is 0 Å². The fraction of sp³-hybridized carbons (Fsp3) is 0.833. The van der Waals surface area contributed by atoms with Crippen LogP contribution in [0.25, 0.3) is 0 Å². The van der Waals surface area contributed by atoms with Gasteiger partial charge in [0, 0.05) is 6.42 Å². The Kier molecular flexibility index (Phi) is 2.42. The molecule has 1 rings (SSSR count). The van der Waals surface area contributed by atoms with Gasteiger partial charge in [-0.05, 0) is 19.3 Å². The molecule has 0 aromatic carbocycles. The molecule has 1 amide bonds. The van der Waals surface area contributed by atoms with Crippen molar-refractivity contribution >= 4 is 29.1 Å². The monoisotopic (exact) mass is 181 g/mol. The molecule has 0 saturated carbocycles. The zero-order chi connectivity index (χ0) is 7.61. The second-order valence-corrected chi connectivity index (χ2v) is 3.94. The highest BCUT2D eigenvalue weighted by Gasteiger charge is 2.27. The highest BCUT2D eigenvalue weighted by molar-refractivity contribution is 6.48. The van der Waals surface area contributed by atoms with E-state index in [1.807, 2.05) is 0 Å². The minimum Gasteiger partial charge on any atom is -0.325 e. The van der Waals surface area contributed by atoms with E-state index in [1.165, 1.54) is 0 Å². The molecular weight excluding hydrogens is 173 g/mol. The molecule has 1 N–H and O–H groups in total. The number of carbonyl (C=O) groups excluding carboxylic acids is 1. The molecule has 0 bridgehead atoms. The Bertz CT molecular complexity index is 147. The van der Waals surface area contributed by atoms with Crippen molar-refractivity contribution in [3.8, 4) is 0 Å². The van der Waals surface area contributed by atoms with E-state index in [1.54, 1.807) is 0 Å². The highest BCUT2D eigenvalue weighted by atomic mass is 35.5. The van der Waals surface area contributed by atoms with Crippen LogP contribution in [0.3, 0.4) is 0 Å². The molecule has 0 aromatic rings. The predicted molar refractivity (Wildman–Crippen MR) is 41.0 cm³/mol. The van der Waals surface area contributed by atoms with Gasteiger partial charge in [-0.2, -0.15) is 0 Å². The summed E-state index contributed by atoms with van der Waals surface area (Å²) >= 11 is 11.4. The Hall–Kier alpha value is 0.0500. The number of amides is 1. The minimum absolute atomic E-state index is 0.0532. The van der Waals surface area contributed by atoms with Crippen LogP contribution in [-0.2, 0) is 4.79 Å². The van der Waals surface area contributed by atoms with Crippen LogP contribution in [0.5, 0.6) is 0 Å². The molecule has 10 heavy (non-hydrogen) atoms. The van der Waals surface area contributed by atoms with Gasteiger partial charge in [0.2, 0.25) is 5.91 Å². The van der Waals surface area contributed by atoms with E-state index in [2.05, 4.69) is 5.32 Å². The lowest BCUT2D eigenvalue weighted by Gasteiger charge is -2.17. The Morgan fingerprint density at radius 1 is 1.40 bits per heavy atom. The molecule has 1 saturated heterocycles. The van der Waals surface area contributed by atoms with Gasteiger partial charge in [0.05, 0.1) is 0 Å². The van der Waals surface area contributed by atoms with Crippen LogP contribution in [0.4, 0.5) is 0 Å². The van der Waals surface area contributed by atoms with Gasteiger partial charge in [-0.25, -0.2) is 0 Å². The molecule has 0 aromatic heterocycles. The first kappa shape index (κ1) is 8.15. The zero-order valence-electron chi connectivity index (χ0n) is 5.49. The van der Waals surface area contributed by atoms with Crippen LogP contribution in [0, 0.1) is 0 Å². The fourth-order valence-corrected chi connectivity index (χ4v) is 1.44. The molecule has 1 fully saturated rings. The van der Waals surface area contributed by atoms with Crippen molar-refractivity contribution in [1.29, 1.82) is 0 Å². The van der Waals surface area contributed by atoms with E-state index in [4.69, 9.17) is 23.2 Å². The lowest BCUT2D eigenvalue weighted by molar-refractivity contribution is -0.121. The Morgan fingerprint density at radius 3 is 2.80 bits per heavy atom. The third-order valence-corrected chi connectivity index (χ3v) is 2.03. The normalized spacial score (nSPS) is 25.2. The number of nitrogens with one attached hydrogen (secondary N) is 1. The maximum absolute atomic E-state index is 10.8. The SMILES string of the molecule is O=C1CCCCC(Cl)(Cl)N1. The number of hydrogen-bond acceptors (Lipinski definition) is 1. The quantitative estimate of drug-likeness (QED) is 0.449. The van der Waals surface area contributed by atoms with Crippen molar-refractivity contribution in [3.63, 3.8) is 0 Å². The van der Waals surface area contributed by atoms with Gasteiger partial charge in [0.1, 0.15) is 0 Å². The number of carbonyl (C=O) groups is 1. The smallest absolute Gasteiger partial charge is 0.222 e. The molecule has 4 heteroatoms. The van der Waals surface area contributed by atoms with Gasteiger partial charge in [0.15, 0.2) is 4.46 Å². The number of halogens is 2. The zero-order valence-corrected chi connectivity index (χ0v) is 7.00. The molecule has 0 aliphatic carbocycles. The van der Waals surface area contributed by atoms with Crippen LogP contribution < -0.4 is 5.32 Å².